The third-order valence-electron chi connectivity index (χ3n) is 4.24. The summed E-state index contributed by atoms with van der Waals surface area (Å²) in [6.45, 7) is 3.49. The molecule has 7 heteroatoms. The van der Waals surface area contributed by atoms with E-state index >= 15 is 0 Å². The Hall–Kier alpha value is -1.86. The molecule has 2 aliphatic heterocycles. The van der Waals surface area contributed by atoms with E-state index in [1.165, 1.54) is 0 Å². The van der Waals surface area contributed by atoms with Gasteiger partial charge in [0, 0.05) is 11.1 Å². The van der Waals surface area contributed by atoms with Crippen molar-refractivity contribution in [3.8, 4) is 0 Å². The Bertz CT molecular complexity index is 940. The Balaban J connectivity index is 2.20. The van der Waals surface area contributed by atoms with Crippen LogP contribution in [0, 0.1) is 0 Å². The second kappa shape index (κ2) is 4.36. The van der Waals surface area contributed by atoms with Crippen LogP contribution in [-0.4, -0.2) is 17.5 Å². The standard InChI is InChI=1S/C16H14N2O3S2/c1-15(2)17-18-16(22(15)19)11-7-3-5-9-13(11)23(20,21)14-10-6-4-8-12(14)16/h3-10H,1-2H3. The number of azo groups is 1. The first-order valence-electron chi connectivity index (χ1n) is 7.12. The van der Waals surface area contributed by atoms with Crippen LogP contribution in [0.3, 0.4) is 0 Å². The summed E-state index contributed by atoms with van der Waals surface area (Å²) in [7, 11) is -5.19. The minimum absolute atomic E-state index is 0.156. The Morgan fingerprint density at radius 3 is 1.78 bits per heavy atom. The summed E-state index contributed by atoms with van der Waals surface area (Å²) < 4.78 is 39.1. The Labute approximate surface area is 136 Å². The maximum absolute atomic E-state index is 13.3. The molecule has 2 heterocycles. The lowest BCUT2D eigenvalue weighted by Gasteiger charge is -2.34. The lowest BCUT2D eigenvalue weighted by Crippen LogP contribution is -2.40. The highest BCUT2D eigenvalue weighted by molar-refractivity contribution is 7.92. The molecule has 4 rings (SSSR count). The van der Waals surface area contributed by atoms with Gasteiger partial charge in [-0.05, 0) is 26.0 Å². The summed E-state index contributed by atoms with van der Waals surface area (Å²) in [5, 5.41) is 8.57. The summed E-state index contributed by atoms with van der Waals surface area (Å²) in [6.07, 6.45) is 0. The van der Waals surface area contributed by atoms with Gasteiger partial charge in [0.1, 0.15) is 0 Å². The molecule has 0 aliphatic carbocycles. The molecule has 0 bridgehead atoms. The molecule has 0 aromatic heterocycles. The second-order valence-corrected chi connectivity index (χ2v) is 10.1. The van der Waals surface area contributed by atoms with E-state index in [4.69, 9.17) is 0 Å². The van der Waals surface area contributed by atoms with Gasteiger partial charge >= 0.3 is 0 Å². The molecule has 0 N–H and O–H groups in total. The average Bonchev–Trinajstić information content (AvgIpc) is 2.78. The van der Waals surface area contributed by atoms with Crippen molar-refractivity contribution in [3.63, 3.8) is 0 Å². The molecular weight excluding hydrogens is 332 g/mol. The summed E-state index contributed by atoms with van der Waals surface area (Å²) in [5.74, 6) is 0. The van der Waals surface area contributed by atoms with Crippen LogP contribution >= 0.6 is 0 Å². The lowest BCUT2D eigenvalue weighted by molar-refractivity contribution is 0.577. The summed E-state index contributed by atoms with van der Waals surface area (Å²) >= 11 is 0. The summed E-state index contributed by atoms with van der Waals surface area (Å²) in [6, 6.07) is 13.3. The topological polar surface area (TPSA) is 75.9 Å². The van der Waals surface area contributed by atoms with Crippen molar-refractivity contribution in [1.29, 1.82) is 0 Å². The number of rotatable bonds is 0. The fourth-order valence-corrected chi connectivity index (χ4v) is 6.76. The molecule has 0 radical (unpaired) electrons. The van der Waals surface area contributed by atoms with E-state index in [0.29, 0.717) is 11.1 Å². The monoisotopic (exact) mass is 346 g/mol. The Morgan fingerprint density at radius 1 is 0.870 bits per heavy atom. The predicted octanol–water partition coefficient (Wildman–Crippen LogP) is 2.98. The highest BCUT2D eigenvalue weighted by atomic mass is 32.2. The molecule has 0 saturated heterocycles. The highest BCUT2D eigenvalue weighted by Gasteiger charge is 2.58. The highest BCUT2D eigenvalue weighted by Crippen LogP contribution is 2.54. The first-order valence-corrected chi connectivity index (χ1v) is 9.75. The molecule has 2 aromatic carbocycles. The average molecular weight is 346 g/mol. The molecule has 23 heavy (non-hydrogen) atoms. The van der Waals surface area contributed by atoms with Crippen molar-refractivity contribution in [2.75, 3.05) is 0 Å². The van der Waals surface area contributed by atoms with E-state index < -0.39 is 30.4 Å². The lowest BCUT2D eigenvalue weighted by atomic mass is 9.98. The number of hydrogen-bond donors (Lipinski definition) is 0. The predicted molar refractivity (Wildman–Crippen MR) is 86.2 cm³/mol. The van der Waals surface area contributed by atoms with Crippen molar-refractivity contribution in [2.24, 2.45) is 10.2 Å². The largest absolute Gasteiger partial charge is 0.254 e. The molecule has 1 atom stereocenters. The zero-order valence-corrected chi connectivity index (χ0v) is 14.2. The summed E-state index contributed by atoms with van der Waals surface area (Å²) in [4.78, 5) is -1.82. The normalized spacial score (nSPS) is 25.0. The molecule has 1 unspecified atom stereocenters. The first kappa shape index (κ1) is 14.7. The molecule has 0 saturated carbocycles. The molecular formula is C16H14N2O3S2. The van der Waals surface area contributed by atoms with E-state index in [-0.39, 0.29) is 9.79 Å². The summed E-state index contributed by atoms with van der Waals surface area (Å²) in [5.41, 5.74) is 0.873. The van der Waals surface area contributed by atoms with Crippen LogP contribution < -0.4 is 0 Å². The minimum Gasteiger partial charge on any atom is -0.254 e. The van der Waals surface area contributed by atoms with Gasteiger partial charge in [-0.15, -0.1) is 0 Å². The minimum atomic E-state index is -3.66. The maximum Gasteiger partial charge on any atom is 0.210 e. The third-order valence-corrected chi connectivity index (χ3v) is 8.15. The van der Waals surface area contributed by atoms with Gasteiger partial charge in [0.25, 0.3) is 0 Å². The number of nitrogens with zero attached hydrogens (tertiary/aromatic N) is 2. The van der Waals surface area contributed by atoms with Crippen LogP contribution in [0.5, 0.6) is 0 Å². The number of fused-ring (bicyclic) bond motifs is 4. The fourth-order valence-electron chi connectivity index (χ4n) is 3.16. The van der Waals surface area contributed by atoms with Crippen molar-refractivity contribution in [3.05, 3.63) is 59.7 Å². The van der Waals surface area contributed by atoms with Gasteiger partial charge in [0.15, 0.2) is 4.87 Å². The van der Waals surface area contributed by atoms with Crippen LogP contribution in [0.4, 0.5) is 0 Å². The van der Waals surface area contributed by atoms with E-state index in [2.05, 4.69) is 10.2 Å². The van der Waals surface area contributed by atoms with Gasteiger partial charge in [-0.2, -0.15) is 10.2 Å². The van der Waals surface area contributed by atoms with Crippen LogP contribution in [0.25, 0.3) is 0 Å². The van der Waals surface area contributed by atoms with Gasteiger partial charge in [-0.3, -0.25) is 4.21 Å². The Morgan fingerprint density at radius 2 is 1.35 bits per heavy atom. The third kappa shape index (κ3) is 1.66. The first-order chi connectivity index (χ1) is 10.8. The molecule has 0 amide bonds. The van der Waals surface area contributed by atoms with Crippen LogP contribution in [0.15, 0.2) is 68.6 Å². The van der Waals surface area contributed by atoms with Crippen LogP contribution in [0.2, 0.25) is 0 Å². The second-order valence-electron chi connectivity index (χ2n) is 6.06. The number of sulfone groups is 1. The van der Waals surface area contributed by atoms with E-state index in [1.54, 1.807) is 62.4 Å². The quantitative estimate of drug-likeness (QED) is 0.736. The zero-order chi connectivity index (χ0) is 16.5. The van der Waals surface area contributed by atoms with Crippen molar-refractivity contribution in [2.45, 2.75) is 33.4 Å². The van der Waals surface area contributed by atoms with Crippen molar-refractivity contribution >= 4 is 20.6 Å². The molecule has 0 fully saturated rings. The molecule has 2 aromatic rings. The zero-order valence-electron chi connectivity index (χ0n) is 12.6. The van der Waals surface area contributed by atoms with Crippen LogP contribution in [0.1, 0.15) is 25.0 Å². The smallest absolute Gasteiger partial charge is 0.210 e. The molecule has 1 spiro atoms. The van der Waals surface area contributed by atoms with Crippen molar-refractivity contribution in [1.82, 2.24) is 0 Å². The molecule has 118 valence electrons. The fraction of sp³-hybridized carbons (Fsp3) is 0.250. The van der Waals surface area contributed by atoms with Crippen LogP contribution in [-0.2, 0) is 25.5 Å². The number of hydrogen-bond acceptors (Lipinski definition) is 5. The SMILES string of the molecule is CC1(C)N=NC2(c3ccccc3S(=O)(=O)c3ccccc32)S1=O. The Kier molecular flexibility index (Phi) is 2.79. The maximum atomic E-state index is 13.3. The van der Waals surface area contributed by atoms with Gasteiger partial charge in [0.05, 0.1) is 20.6 Å². The molecule has 5 nitrogen and oxygen atoms in total. The van der Waals surface area contributed by atoms with Gasteiger partial charge in [-0.25, -0.2) is 8.42 Å². The number of benzene rings is 2. The van der Waals surface area contributed by atoms with Crippen molar-refractivity contribution < 1.29 is 12.6 Å². The van der Waals surface area contributed by atoms with E-state index in [0.717, 1.165) is 0 Å². The van der Waals surface area contributed by atoms with Gasteiger partial charge in [-0.1, -0.05) is 36.4 Å². The van der Waals surface area contributed by atoms with E-state index in [9.17, 15) is 12.6 Å². The van der Waals surface area contributed by atoms with E-state index in [1.807, 2.05) is 0 Å². The molecule has 2 aliphatic rings. The van der Waals surface area contributed by atoms with Gasteiger partial charge < -0.3 is 0 Å². The van der Waals surface area contributed by atoms with Gasteiger partial charge in [0.2, 0.25) is 14.7 Å².